The van der Waals surface area contributed by atoms with E-state index in [4.69, 9.17) is 10.5 Å². The largest absolute Gasteiger partial charge is 0.492 e. The van der Waals surface area contributed by atoms with Crippen LogP contribution in [0.25, 0.3) is 11.3 Å². The van der Waals surface area contributed by atoms with Crippen LogP contribution in [0.4, 0.5) is 10.1 Å². The van der Waals surface area contributed by atoms with E-state index in [0.29, 0.717) is 5.56 Å². The lowest BCUT2D eigenvalue weighted by Gasteiger charge is -2.13. The Morgan fingerprint density at radius 1 is 1.29 bits per heavy atom. The Bertz CT molecular complexity index is 690. The first kappa shape index (κ1) is 15.5. The molecule has 1 heterocycles. The third-order valence-corrected chi connectivity index (χ3v) is 3.55. The Kier molecular flexibility index (Phi) is 4.61. The van der Waals surface area contributed by atoms with Crippen molar-refractivity contribution in [2.24, 2.45) is 0 Å². The van der Waals surface area contributed by atoms with Gasteiger partial charge in [0.25, 0.3) is 0 Å². The van der Waals surface area contributed by atoms with Crippen molar-refractivity contribution in [1.82, 2.24) is 4.98 Å². The number of carbonyl (C=O) groups is 1. The minimum Gasteiger partial charge on any atom is -0.492 e. The van der Waals surface area contributed by atoms with Crippen molar-refractivity contribution in [2.75, 3.05) is 20.0 Å². The quantitative estimate of drug-likeness (QED) is 0.632. The third-order valence-electron chi connectivity index (χ3n) is 2.83. The summed E-state index contributed by atoms with van der Waals surface area (Å²) in [5.74, 6) is -1.61. The highest BCUT2D eigenvalue weighted by Crippen LogP contribution is 2.34. The summed E-state index contributed by atoms with van der Waals surface area (Å²) >= 11 is 2.13. The molecule has 0 atom stereocenters. The van der Waals surface area contributed by atoms with Gasteiger partial charge in [0.1, 0.15) is 11.4 Å². The van der Waals surface area contributed by atoms with Crippen molar-refractivity contribution in [2.45, 2.75) is 0 Å². The van der Waals surface area contributed by atoms with E-state index in [1.165, 1.54) is 14.2 Å². The number of carbonyl (C=O) groups excluding carboxylic acids is 1. The van der Waals surface area contributed by atoms with Gasteiger partial charge in [-0.25, -0.2) is 14.2 Å². The van der Waals surface area contributed by atoms with Crippen LogP contribution >= 0.6 is 22.6 Å². The predicted octanol–water partition coefficient (Wildman–Crippen LogP) is 2.87. The minimum atomic E-state index is -0.745. The number of anilines is 1. The number of benzene rings is 1. The fourth-order valence-electron chi connectivity index (χ4n) is 1.81. The van der Waals surface area contributed by atoms with Gasteiger partial charge in [-0.1, -0.05) is 12.1 Å². The average molecular weight is 402 g/mol. The summed E-state index contributed by atoms with van der Waals surface area (Å²) < 4.78 is 24.9. The van der Waals surface area contributed by atoms with Gasteiger partial charge in [0, 0.05) is 9.13 Å². The van der Waals surface area contributed by atoms with Crippen molar-refractivity contribution in [3.8, 4) is 17.0 Å². The molecule has 0 aliphatic heterocycles. The molecule has 0 saturated carbocycles. The second-order valence-corrected chi connectivity index (χ2v) is 5.31. The van der Waals surface area contributed by atoms with Crippen LogP contribution in [0.3, 0.4) is 0 Å². The zero-order valence-electron chi connectivity index (χ0n) is 11.3. The molecule has 110 valence electrons. The number of methoxy groups -OCH3 is 2. The van der Waals surface area contributed by atoms with Crippen molar-refractivity contribution in [1.29, 1.82) is 0 Å². The van der Waals surface area contributed by atoms with Crippen molar-refractivity contribution >= 4 is 34.2 Å². The zero-order chi connectivity index (χ0) is 15.6. The summed E-state index contributed by atoms with van der Waals surface area (Å²) in [6.45, 7) is 0. The molecule has 0 aliphatic carbocycles. The van der Waals surface area contributed by atoms with Crippen LogP contribution in [-0.2, 0) is 4.74 Å². The summed E-state index contributed by atoms with van der Waals surface area (Å²) in [7, 11) is 2.48. The van der Waals surface area contributed by atoms with Crippen molar-refractivity contribution in [3.05, 3.63) is 39.3 Å². The molecule has 2 rings (SSSR count). The van der Waals surface area contributed by atoms with Crippen molar-refractivity contribution < 1.29 is 18.7 Å². The Labute approximate surface area is 134 Å². The molecule has 1 aromatic carbocycles. The predicted molar refractivity (Wildman–Crippen MR) is 84.7 cm³/mol. The summed E-state index contributed by atoms with van der Waals surface area (Å²) in [5.41, 5.74) is 5.75. The van der Waals surface area contributed by atoms with E-state index < -0.39 is 11.8 Å². The molecule has 0 unspecified atom stereocenters. The van der Waals surface area contributed by atoms with Gasteiger partial charge in [0.2, 0.25) is 0 Å². The van der Waals surface area contributed by atoms with E-state index in [9.17, 15) is 9.18 Å². The molecule has 2 N–H and O–H groups in total. The molecule has 7 heteroatoms. The molecule has 5 nitrogen and oxygen atoms in total. The second kappa shape index (κ2) is 6.25. The van der Waals surface area contributed by atoms with Gasteiger partial charge in [0.15, 0.2) is 17.3 Å². The molecule has 0 amide bonds. The number of rotatable bonds is 3. The van der Waals surface area contributed by atoms with Crippen LogP contribution in [0.2, 0.25) is 0 Å². The average Bonchev–Trinajstić information content (AvgIpc) is 2.50. The Balaban J connectivity index is 2.69. The first-order chi connectivity index (χ1) is 9.99. The maximum Gasteiger partial charge on any atom is 0.360 e. The number of pyridine rings is 1. The van der Waals surface area contributed by atoms with Gasteiger partial charge >= 0.3 is 5.97 Å². The molecule has 0 radical (unpaired) electrons. The molecule has 2 aromatic rings. The summed E-state index contributed by atoms with van der Waals surface area (Å²) in [6, 6.07) is 6.99. The van der Waals surface area contributed by atoms with Crippen LogP contribution in [0.1, 0.15) is 10.5 Å². The van der Waals surface area contributed by atoms with Gasteiger partial charge < -0.3 is 15.2 Å². The van der Waals surface area contributed by atoms with E-state index in [-0.39, 0.29) is 22.8 Å². The molecule has 0 spiro atoms. The van der Waals surface area contributed by atoms with Crippen LogP contribution in [-0.4, -0.2) is 25.2 Å². The number of hydrogen-bond acceptors (Lipinski definition) is 5. The topological polar surface area (TPSA) is 74.4 Å². The van der Waals surface area contributed by atoms with Gasteiger partial charge in [-0.05, 0) is 34.7 Å². The lowest BCUT2D eigenvalue weighted by Crippen LogP contribution is -2.12. The maximum absolute atomic E-state index is 14.4. The molecular weight excluding hydrogens is 390 g/mol. The molecule has 0 aliphatic rings. The van der Waals surface area contributed by atoms with E-state index >= 15 is 0 Å². The molecular formula is C14H12FIN2O3. The highest BCUT2D eigenvalue weighted by molar-refractivity contribution is 14.1. The van der Waals surface area contributed by atoms with Gasteiger partial charge in [-0.15, -0.1) is 0 Å². The SMILES string of the molecule is COC(=O)c1nc(-c2ccc(I)cc2)c(F)c(N)c1OC. The second-order valence-electron chi connectivity index (χ2n) is 4.07. The third kappa shape index (κ3) is 2.92. The first-order valence-electron chi connectivity index (χ1n) is 5.86. The van der Waals surface area contributed by atoms with Crippen molar-refractivity contribution in [3.63, 3.8) is 0 Å². The summed E-state index contributed by atoms with van der Waals surface area (Å²) in [4.78, 5) is 15.8. The molecule has 21 heavy (non-hydrogen) atoms. The first-order valence-corrected chi connectivity index (χ1v) is 6.94. The standard InChI is InChI=1S/C14H12FIN2O3/c1-20-13-10(17)9(15)11(18-12(13)14(19)21-2)7-3-5-8(16)6-4-7/h3-6H,1-2H3,(H2,17,18). The van der Waals surface area contributed by atoms with E-state index in [2.05, 4.69) is 32.3 Å². The lowest BCUT2D eigenvalue weighted by atomic mass is 10.1. The van der Waals surface area contributed by atoms with E-state index in [1.54, 1.807) is 24.3 Å². The number of nitrogens with zero attached hydrogens (tertiary/aromatic N) is 1. The van der Waals surface area contributed by atoms with Gasteiger partial charge in [-0.2, -0.15) is 0 Å². The summed E-state index contributed by atoms with van der Waals surface area (Å²) in [5, 5.41) is 0. The van der Waals surface area contributed by atoms with Gasteiger partial charge in [-0.3, -0.25) is 0 Å². The summed E-state index contributed by atoms with van der Waals surface area (Å²) in [6.07, 6.45) is 0. The number of aromatic nitrogens is 1. The Hall–Kier alpha value is -1.90. The van der Waals surface area contributed by atoms with Crippen LogP contribution in [0.15, 0.2) is 24.3 Å². The number of nitrogen functional groups attached to an aromatic ring is 1. The minimum absolute atomic E-state index is 0.0231. The Morgan fingerprint density at radius 2 is 1.90 bits per heavy atom. The highest BCUT2D eigenvalue weighted by atomic mass is 127. The maximum atomic E-state index is 14.4. The molecule has 0 saturated heterocycles. The molecule has 0 bridgehead atoms. The van der Waals surface area contributed by atoms with Crippen LogP contribution in [0.5, 0.6) is 5.75 Å². The Morgan fingerprint density at radius 3 is 2.43 bits per heavy atom. The number of halogens is 2. The fraction of sp³-hybridized carbons (Fsp3) is 0.143. The zero-order valence-corrected chi connectivity index (χ0v) is 13.5. The molecule has 1 aromatic heterocycles. The number of nitrogens with two attached hydrogens (primary N) is 1. The molecule has 0 fully saturated rings. The van der Waals surface area contributed by atoms with Crippen LogP contribution in [0, 0.1) is 9.39 Å². The fourth-order valence-corrected chi connectivity index (χ4v) is 2.17. The highest BCUT2D eigenvalue weighted by Gasteiger charge is 2.24. The number of hydrogen-bond donors (Lipinski definition) is 1. The van der Waals surface area contributed by atoms with E-state index in [1.807, 2.05) is 0 Å². The lowest BCUT2D eigenvalue weighted by molar-refractivity contribution is 0.0590. The van der Waals surface area contributed by atoms with Gasteiger partial charge in [0.05, 0.1) is 14.2 Å². The smallest absolute Gasteiger partial charge is 0.360 e. The normalized spacial score (nSPS) is 10.3. The monoisotopic (exact) mass is 402 g/mol. The number of esters is 1. The number of ether oxygens (including phenoxy) is 2. The van der Waals surface area contributed by atoms with E-state index in [0.717, 1.165) is 3.57 Å². The van der Waals surface area contributed by atoms with Crippen LogP contribution < -0.4 is 10.5 Å².